The molecule has 0 spiro atoms. The van der Waals surface area contributed by atoms with Gasteiger partial charge in [0.1, 0.15) is 0 Å². The van der Waals surface area contributed by atoms with Crippen LogP contribution in [0.25, 0.3) is 0 Å². The van der Waals surface area contributed by atoms with Crippen molar-refractivity contribution in [3.05, 3.63) is 39.9 Å². The quantitative estimate of drug-likeness (QED) is 0.401. The highest BCUT2D eigenvalue weighted by Crippen LogP contribution is 2.14. The van der Waals surface area contributed by atoms with Crippen molar-refractivity contribution < 1.29 is 24.4 Å². The van der Waals surface area contributed by atoms with Crippen molar-refractivity contribution in [1.29, 1.82) is 0 Å². The average molecular weight is 334 g/mol. The lowest BCUT2D eigenvalue weighted by Crippen LogP contribution is -2.40. The fourth-order valence-electron chi connectivity index (χ4n) is 2.13. The molecule has 0 aromatic heterocycles. The molecule has 24 heavy (non-hydrogen) atoms. The lowest BCUT2D eigenvalue weighted by molar-refractivity contribution is -0.384. The summed E-state index contributed by atoms with van der Waals surface area (Å²) in [6.45, 7) is 0.118. The molecule has 0 fully saturated rings. The van der Waals surface area contributed by atoms with Gasteiger partial charge < -0.3 is 15.2 Å². The lowest BCUT2D eigenvalue weighted by Gasteiger charge is -2.21. The summed E-state index contributed by atoms with van der Waals surface area (Å²) in [6, 6.07) is 4.55. The number of carboxylic acid groups (broad SMARTS) is 1. The molecule has 1 unspecified atom stereocenters. The van der Waals surface area contributed by atoms with Crippen LogP contribution in [0.3, 0.4) is 0 Å². The maximum absolute atomic E-state index is 12.2. The molecule has 128 valence electrons. The van der Waals surface area contributed by atoms with Crippen molar-refractivity contribution in [3.63, 3.8) is 0 Å². The Labute approximate surface area is 139 Å². The second-order valence-electron chi connectivity index (χ2n) is 5.11. The number of methoxy groups -OCH3 is 1. The molecule has 0 aliphatic rings. The smallest absolute Gasteiger partial charge is 0.307 e. The molecule has 0 bridgehead atoms. The van der Waals surface area contributed by atoms with Crippen molar-refractivity contribution >= 4 is 17.6 Å². The van der Waals surface area contributed by atoms with Gasteiger partial charge in [0.15, 0.2) is 0 Å². The summed E-state index contributed by atoms with van der Waals surface area (Å²) in [6.07, 6.45) is 5.32. The first-order valence-corrected chi connectivity index (χ1v) is 7.09. The van der Waals surface area contributed by atoms with Crippen molar-refractivity contribution in [2.24, 2.45) is 5.92 Å². The zero-order valence-corrected chi connectivity index (χ0v) is 13.1. The van der Waals surface area contributed by atoms with E-state index in [0.29, 0.717) is 0 Å². The first-order valence-electron chi connectivity index (χ1n) is 7.09. The Morgan fingerprint density at radius 3 is 2.50 bits per heavy atom. The van der Waals surface area contributed by atoms with E-state index >= 15 is 0 Å². The fraction of sp³-hybridized carbons (Fsp3) is 0.375. The second kappa shape index (κ2) is 9.27. The second-order valence-corrected chi connectivity index (χ2v) is 5.11. The highest BCUT2D eigenvalue weighted by Gasteiger charge is 2.23. The van der Waals surface area contributed by atoms with Gasteiger partial charge in [0.2, 0.25) is 0 Å². The van der Waals surface area contributed by atoms with Crippen LogP contribution in [0.1, 0.15) is 23.2 Å². The summed E-state index contributed by atoms with van der Waals surface area (Å²) in [7, 11) is 1.43. The number of nitro groups is 1. The van der Waals surface area contributed by atoms with Gasteiger partial charge in [-0.2, -0.15) is 0 Å². The zero-order valence-electron chi connectivity index (χ0n) is 13.1. The largest absolute Gasteiger partial charge is 0.481 e. The van der Waals surface area contributed by atoms with Gasteiger partial charge >= 0.3 is 5.97 Å². The molecule has 1 aromatic carbocycles. The van der Waals surface area contributed by atoms with E-state index in [-0.39, 0.29) is 30.7 Å². The predicted molar refractivity (Wildman–Crippen MR) is 85.4 cm³/mol. The first-order chi connectivity index (χ1) is 11.4. The minimum absolute atomic E-state index is 0.0446. The van der Waals surface area contributed by atoms with Crippen LogP contribution in [0.15, 0.2) is 24.3 Å². The third-order valence-corrected chi connectivity index (χ3v) is 3.33. The molecular formula is C16H18N2O6. The summed E-state index contributed by atoms with van der Waals surface area (Å²) in [5.74, 6) is -0.0167. The Kier molecular flexibility index (Phi) is 7.39. The van der Waals surface area contributed by atoms with Gasteiger partial charge in [-0.1, -0.05) is 0 Å². The molecule has 8 heteroatoms. The van der Waals surface area contributed by atoms with Gasteiger partial charge in [-0.3, -0.25) is 19.7 Å². The molecule has 0 aliphatic heterocycles. The summed E-state index contributed by atoms with van der Waals surface area (Å²) in [5.41, 5.74) is 0.102. The molecule has 2 atom stereocenters. The van der Waals surface area contributed by atoms with Gasteiger partial charge in [-0.15, -0.1) is 12.3 Å². The minimum atomic E-state index is -1.04. The molecule has 8 nitrogen and oxygen atoms in total. The van der Waals surface area contributed by atoms with E-state index in [1.165, 1.54) is 31.4 Å². The lowest BCUT2D eigenvalue weighted by atomic mass is 9.97. The number of benzene rings is 1. The summed E-state index contributed by atoms with van der Waals surface area (Å²) in [5, 5.41) is 22.4. The van der Waals surface area contributed by atoms with Crippen LogP contribution < -0.4 is 5.32 Å². The zero-order chi connectivity index (χ0) is 18.1. The van der Waals surface area contributed by atoms with E-state index in [1.54, 1.807) is 0 Å². The van der Waals surface area contributed by atoms with E-state index in [0.717, 1.165) is 0 Å². The van der Waals surface area contributed by atoms with E-state index in [1.807, 2.05) is 0 Å². The van der Waals surface area contributed by atoms with Crippen molar-refractivity contribution in [1.82, 2.24) is 5.32 Å². The van der Waals surface area contributed by atoms with E-state index in [4.69, 9.17) is 16.3 Å². The number of nitrogens with zero attached hydrogens (tertiary/aromatic N) is 1. The summed E-state index contributed by atoms with van der Waals surface area (Å²) in [4.78, 5) is 33.4. The van der Waals surface area contributed by atoms with Crippen molar-refractivity contribution in [2.45, 2.75) is 18.9 Å². The number of hydrogen-bond donors (Lipinski definition) is 2. The van der Waals surface area contributed by atoms with Crippen LogP contribution in [0.2, 0.25) is 0 Å². The van der Waals surface area contributed by atoms with Crippen LogP contribution >= 0.6 is 0 Å². The SMILES string of the molecule is C#CCC(C[C@@H](COC)NC(=O)c1ccc([N+](=O)[O-])cc1)C(=O)O. The third-order valence-electron chi connectivity index (χ3n) is 3.33. The number of non-ortho nitro benzene ring substituents is 1. The number of carbonyl (C=O) groups excluding carboxylic acids is 1. The maximum Gasteiger partial charge on any atom is 0.307 e. The molecule has 0 saturated heterocycles. The van der Waals surface area contributed by atoms with Crippen LogP contribution in [0, 0.1) is 28.4 Å². The van der Waals surface area contributed by atoms with Crippen LogP contribution in [0.4, 0.5) is 5.69 Å². The van der Waals surface area contributed by atoms with Gasteiger partial charge in [0, 0.05) is 31.2 Å². The topological polar surface area (TPSA) is 119 Å². The Morgan fingerprint density at radius 2 is 2.04 bits per heavy atom. The van der Waals surface area contributed by atoms with Crippen LogP contribution in [-0.2, 0) is 9.53 Å². The monoisotopic (exact) mass is 334 g/mol. The Balaban J connectivity index is 2.79. The van der Waals surface area contributed by atoms with E-state index in [2.05, 4.69) is 11.2 Å². The predicted octanol–water partition coefficient (Wildman–Crippen LogP) is 1.45. The highest BCUT2D eigenvalue weighted by molar-refractivity contribution is 5.94. The number of nitrogens with one attached hydrogen (secondary N) is 1. The number of terminal acetylenes is 1. The molecule has 0 aliphatic carbocycles. The van der Waals surface area contributed by atoms with E-state index < -0.39 is 28.8 Å². The van der Waals surface area contributed by atoms with Gasteiger partial charge in [0.25, 0.3) is 11.6 Å². The molecule has 1 aromatic rings. The Morgan fingerprint density at radius 1 is 1.42 bits per heavy atom. The number of carbonyl (C=O) groups is 2. The number of carboxylic acids is 1. The van der Waals surface area contributed by atoms with Crippen molar-refractivity contribution in [2.75, 3.05) is 13.7 Å². The molecule has 0 saturated carbocycles. The summed E-state index contributed by atoms with van der Waals surface area (Å²) >= 11 is 0. The normalized spacial score (nSPS) is 12.7. The maximum atomic E-state index is 12.2. The minimum Gasteiger partial charge on any atom is -0.481 e. The summed E-state index contributed by atoms with van der Waals surface area (Å²) < 4.78 is 5.00. The standard InChI is InChI=1S/C16H18N2O6/c1-3-4-12(16(20)21)9-13(10-24-2)17-15(19)11-5-7-14(8-6-11)18(22)23/h1,5-8,12-13H,4,9-10H2,2H3,(H,17,19)(H,20,21)/t12?,13-/m0/s1. The Bertz CT molecular complexity index is 635. The molecular weight excluding hydrogens is 316 g/mol. The first kappa shape index (κ1) is 19.1. The van der Waals surface area contributed by atoms with Gasteiger partial charge in [-0.05, 0) is 18.6 Å². The van der Waals surface area contributed by atoms with Gasteiger partial charge in [-0.25, -0.2) is 0 Å². The number of aliphatic carboxylic acids is 1. The van der Waals surface area contributed by atoms with Crippen LogP contribution in [0.5, 0.6) is 0 Å². The van der Waals surface area contributed by atoms with Crippen molar-refractivity contribution in [3.8, 4) is 12.3 Å². The Hall–Kier alpha value is -2.92. The van der Waals surface area contributed by atoms with E-state index in [9.17, 15) is 19.7 Å². The van der Waals surface area contributed by atoms with Crippen LogP contribution in [-0.4, -0.2) is 41.7 Å². The molecule has 0 heterocycles. The molecule has 1 rings (SSSR count). The average Bonchev–Trinajstić information content (AvgIpc) is 2.54. The molecule has 0 radical (unpaired) electrons. The highest BCUT2D eigenvalue weighted by atomic mass is 16.6. The fourth-order valence-corrected chi connectivity index (χ4v) is 2.13. The third kappa shape index (κ3) is 5.70. The number of hydrogen-bond acceptors (Lipinski definition) is 5. The number of rotatable bonds is 9. The number of nitro benzene ring substituents is 1. The number of amides is 1. The molecule has 1 amide bonds. The van der Waals surface area contributed by atoms with Gasteiger partial charge in [0.05, 0.1) is 23.5 Å². The molecule has 2 N–H and O–H groups in total. The number of ether oxygens (including phenoxy) is 1.